The predicted molar refractivity (Wildman–Crippen MR) is 97.4 cm³/mol. The molecule has 3 aromatic rings. The highest BCUT2D eigenvalue weighted by atomic mass is 35.5. The van der Waals surface area contributed by atoms with E-state index in [9.17, 15) is 8.42 Å². The molecule has 0 unspecified atom stereocenters. The van der Waals surface area contributed by atoms with Crippen molar-refractivity contribution in [3.05, 3.63) is 41.7 Å². The Morgan fingerprint density at radius 2 is 1.92 bits per heavy atom. The van der Waals surface area contributed by atoms with Gasteiger partial charge in [-0.25, -0.2) is 22.7 Å². The molecule has 0 aromatic carbocycles. The molecule has 0 N–H and O–H groups in total. The van der Waals surface area contributed by atoms with E-state index in [0.717, 1.165) is 24.2 Å². The van der Waals surface area contributed by atoms with Crippen LogP contribution in [0, 0.1) is 0 Å². The van der Waals surface area contributed by atoms with Gasteiger partial charge in [0.2, 0.25) is 15.8 Å². The zero-order chi connectivity index (χ0) is 18.3. The van der Waals surface area contributed by atoms with Gasteiger partial charge in [-0.3, -0.25) is 14.4 Å². The summed E-state index contributed by atoms with van der Waals surface area (Å²) >= 11 is 6.01. The van der Waals surface area contributed by atoms with E-state index in [0.29, 0.717) is 29.6 Å². The normalized spacial score (nSPS) is 19.1. The van der Waals surface area contributed by atoms with E-state index < -0.39 is 10.0 Å². The van der Waals surface area contributed by atoms with Gasteiger partial charge in [0, 0.05) is 31.4 Å². The lowest BCUT2D eigenvalue weighted by atomic mass is 9.96. The highest BCUT2D eigenvalue weighted by Gasteiger charge is 2.27. The van der Waals surface area contributed by atoms with E-state index in [-0.39, 0.29) is 5.92 Å². The number of hydrogen-bond acceptors (Lipinski definition) is 6. The number of sulfonamides is 1. The van der Waals surface area contributed by atoms with Crippen LogP contribution in [0.3, 0.4) is 0 Å². The summed E-state index contributed by atoms with van der Waals surface area (Å²) in [5, 5.41) is 0.504. The molecule has 1 atom stereocenters. The molecular weight excluding hydrogens is 376 g/mol. The maximum absolute atomic E-state index is 11.8. The van der Waals surface area contributed by atoms with Crippen molar-refractivity contribution >= 4 is 27.4 Å². The molecule has 1 fully saturated rings. The Morgan fingerprint density at radius 1 is 1.12 bits per heavy atom. The van der Waals surface area contributed by atoms with Crippen molar-refractivity contribution in [2.45, 2.75) is 18.8 Å². The predicted octanol–water partition coefficient (Wildman–Crippen LogP) is 1.98. The summed E-state index contributed by atoms with van der Waals surface area (Å²) in [6.07, 6.45) is 11.3. The maximum atomic E-state index is 11.8. The summed E-state index contributed by atoms with van der Waals surface area (Å²) in [7, 11) is -3.18. The summed E-state index contributed by atoms with van der Waals surface area (Å²) in [4.78, 5) is 17.4. The molecule has 1 aliphatic rings. The van der Waals surface area contributed by atoms with Gasteiger partial charge in [0.05, 0.1) is 41.3 Å². The number of halogens is 1. The van der Waals surface area contributed by atoms with Crippen LogP contribution in [-0.2, 0) is 10.0 Å². The van der Waals surface area contributed by atoms with Crippen LogP contribution in [0.5, 0.6) is 0 Å². The van der Waals surface area contributed by atoms with Gasteiger partial charge in [0.1, 0.15) is 5.69 Å². The van der Waals surface area contributed by atoms with E-state index in [2.05, 4.69) is 19.9 Å². The van der Waals surface area contributed by atoms with Crippen molar-refractivity contribution in [2.24, 2.45) is 0 Å². The van der Waals surface area contributed by atoms with Gasteiger partial charge in [0.25, 0.3) is 0 Å². The molecule has 0 spiro atoms. The van der Waals surface area contributed by atoms with Crippen LogP contribution in [0.25, 0.3) is 17.2 Å². The number of piperidine rings is 1. The average Bonchev–Trinajstić information content (AvgIpc) is 3.04. The number of fused-ring (bicyclic) bond motifs is 1. The van der Waals surface area contributed by atoms with Gasteiger partial charge in [-0.15, -0.1) is 0 Å². The Labute approximate surface area is 155 Å². The van der Waals surface area contributed by atoms with Gasteiger partial charge in [0.15, 0.2) is 0 Å². The zero-order valence-electron chi connectivity index (χ0n) is 14.1. The minimum absolute atomic E-state index is 0.0540. The molecule has 10 heteroatoms. The summed E-state index contributed by atoms with van der Waals surface area (Å²) in [6, 6.07) is 0. The molecule has 136 valence electrons. The third-order valence-electron chi connectivity index (χ3n) is 4.54. The Kier molecular flexibility index (Phi) is 4.37. The third-order valence-corrected chi connectivity index (χ3v) is 6.00. The van der Waals surface area contributed by atoms with Gasteiger partial charge in [-0.1, -0.05) is 11.6 Å². The molecule has 0 bridgehead atoms. The topological polar surface area (TPSA) is 93.4 Å². The van der Waals surface area contributed by atoms with Crippen LogP contribution in [0.2, 0.25) is 5.02 Å². The molecule has 0 radical (unpaired) electrons. The maximum Gasteiger partial charge on any atom is 0.234 e. The molecule has 1 saturated heterocycles. The van der Waals surface area contributed by atoms with Crippen molar-refractivity contribution in [2.75, 3.05) is 19.3 Å². The Hall–Kier alpha value is -2.10. The van der Waals surface area contributed by atoms with E-state index in [4.69, 9.17) is 11.6 Å². The Morgan fingerprint density at radius 3 is 2.65 bits per heavy atom. The van der Waals surface area contributed by atoms with Crippen molar-refractivity contribution in [1.82, 2.24) is 28.6 Å². The SMILES string of the molecule is CS(=O)(=O)N1CCC[C@H](c2cnc(-c3cnc4ncc(Cl)cn34)cn2)C1. The van der Waals surface area contributed by atoms with Crippen molar-refractivity contribution in [1.29, 1.82) is 0 Å². The van der Waals surface area contributed by atoms with Gasteiger partial charge < -0.3 is 0 Å². The number of nitrogens with zero attached hydrogens (tertiary/aromatic N) is 6. The minimum atomic E-state index is -3.18. The molecule has 4 heterocycles. The lowest BCUT2D eigenvalue weighted by Gasteiger charge is -2.30. The van der Waals surface area contributed by atoms with Crippen LogP contribution < -0.4 is 0 Å². The molecule has 3 aromatic heterocycles. The highest BCUT2D eigenvalue weighted by molar-refractivity contribution is 7.88. The molecule has 0 amide bonds. The van der Waals surface area contributed by atoms with Gasteiger partial charge in [-0.05, 0) is 12.8 Å². The number of imidazole rings is 1. The highest BCUT2D eigenvalue weighted by Crippen LogP contribution is 2.27. The minimum Gasteiger partial charge on any atom is -0.281 e. The molecule has 26 heavy (non-hydrogen) atoms. The van der Waals surface area contributed by atoms with Gasteiger partial charge in [-0.2, -0.15) is 0 Å². The van der Waals surface area contributed by atoms with Crippen molar-refractivity contribution in [3.63, 3.8) is 0 Å². The van der Waals surface area contributed by atoms with Crippen LogP contribution in [0.15, 0.2) is 31.0 Å². The average molecular weight is 393 g/mol. The zero-order valence-corrected chi connectivity index (χ0v) is 15.7. The lowest BCUT2D eigenvalue weighted by molar-refractivity contribution is 0.314. The summed E-state index contributed by atoms with van der Waals surface area (Å²) in [5.74, 6) is 0.588. The van der Waals surface area contributed by atoms with Crippen LogP contribution in [0.1, 0.15) is 24.5 Å². The summed E-state index contributed by atoms with van der Waals surface area (Å²) in [5.41, 5.74) is 2.20. The third kappa shape index (κ3) is 3.29. The summed E-state index contributed by atoms with van der Waals surface area (Å²) in [6.45, 7) is 1.01. The quantitative estimate of drug-likeness (QED) is 0.676. The first-order valence-corrected chi connectivity index (χ1v) is 10.4. The van der Waals surface area contributed by atoms with Crippen molar-refractivity contribution < 1.29 is 8.42 Å². The van der Waals surface area contributed by atoms with Gasteiger partial charge >= 0.3 is 0 Å². The van der Waals surface area contributed by atoms with E-state index in [1.165, 1.54) is 10.6 Å². The fourth-order valence-corrected chi connectivity index (χ4v) is 4.26. The number of hydrogen-bond donors (Lipinski definition) is 0. The van der Waals surface area contributed by atoms with Crippen LogP contribution in [0.4, 0.5) is 0 Å². The molecule has 1 aliphatic heterocycles. The number of aromatic nitrogens is 5. The second kappa shape index (κ2) is 6.57. The number of rotatable bonds is 3. The molecule has 8 nitrogen and oxygen atoms in total. The molecule has 0 saturated carbocycles. The summed E-state index contributed by atoms with van der Waals surface area (Å²) < 4.78 is 26.8. The monoisotopic (exact) mass is 392 g/mol. The fraction of sp³-hybridized carbons (Fsp3) is 0.375. The van der Waals surface area contributed by atoms with Crippen molar-refractivity contribution in [3.8, 4) is 11.4 Å². The first kappa shape index (κ1) is 17.3. The lowest BCUT2D eigenvalue weighted by Crippen LogP contribution is -2.38. The Balaban J connectivity index is 1.61. The Bertz CT molecular complexity index is 1050. The standard InChI is InChI=1S/C16H17ClN6O2S/c1-26(24,25)22-4-2-3-11(9-22)13-6-19-14(7-18-13)15-8-21-16-20-5-12(17)10-23(15)16/h5-8,10-11H,2-4,9H2,1H3/t11-/m0/s1. The fourth-order valence-electron chi connectivity index (χ4n) is 3.21. The van der Waals surface area contributed by atoms with E-state index in [1.807, 2.05) is 0 Å². The van der Waals surface area contributed by atoms with E-state index in [1.54, 1.807) is 35.4 Å². The largest absolute Gasteiger partial charge is 0.281 e. The second-order valence-electron chi connectivity index (χ2n) is 6.37. The van der Waals surface area contributed by atoms with E-state index >= 15 is 0 Å². The first-order valence-electron chi connectivity index (χ1n) is 8.18. The van der Waals surface area contributed by atoms with Crippen LogP contribution in [-0.4, -0.2) is 56.4 Å². The molecule has 4 rings (SSSR count). The first-order chi connectivity index (χ1) is 12.4. The molecular formula is C16H17ClN6O2S. The van der Waals surface area contributed by atoms with Crippen LogP contribution >= 0.6 is 11.6 Å². The second-order valence-corrected chi connectivity index (χ2v) is 8.79. The smallest absolute Gasteiger partial charge is 0.234 e. The molecule has 0 aliphatic carbocycles.